The summed E-state index contributed by atoms with van der Waals surface area (Å²) in [6.45, 7) is 8.06. The largest absolute Gasteiger partial charge is 0.508 e. The van der Waals surface area contributed by atoms with Gasteiger partial charge in [-0.1, -0.05) is 36.0 Å². The fourth-order valence-corrected chi connectivity index (χ4v) is 3.48. The van der Waals surface area contributed by atoms with Crippen LogP contribution >= 0.6 is 0 Å². The predicted molar refractivity (Wildman–Crippen MR) is 123 cm³/mol. The number of unbranched alkanes of at least 4 members (excludes halogenated alkanes) is 1. The third kappa shape index (κ3) is 7.25. The number of aliphatic carboxylic acids is 1. The van der Waals surface area contributed by atoms with Crippen molar-refractivity contribution in [3.05, 3.63) is 64.8 Å². The van der Waals surface area contributed by atoms with Crippen molar-refractivity contribution in [3.8, 4) is 11.5 Å². The molecular formula is C26H34O4. The van der Waals surface area contributed by atoms with Crippen LogP contribution in [0.4, 0.5) is 0 Å². The van der Waals surface area contributed by atoms with Crippen LogP contribution in [-0.4, -0.2) is 21.8 Å². The van der Waals surface area contributed by atoms with Crippen molar-refractivity contribution < 1.29 is 19.7 Å². The number of allylic oxidation sites excluding steroid dienone is 5. The lowest BCUT2D eigenvalue weighted by atomic mass is 9.94. The third-order valence-corrected chi connectivity index (χ3v) is 5.18. The lowest BCUT2D eigenvalue weighted by Crippen LogP contribution is -2.32. The summed E-state index contributed by atoms with van der Waals surface area (Å²) in [5, 5.41) is 19.0. The molecule has 0 bridgehead atoms. The number of phenolic OH excluding ortho intramolecular Hbond substituents is 1. The maximum Gasteiger partial charge on any atom is 0.331 e. The van der Waals surface area contributed by atoms with Crippen molar-refractivity contribution >= 4 is 12.0 Å². The number of ether oxygens (including phenoxy) is 1. The number of aromatic hydroxyl groups is 1. The molecule has 2 N–H and O–H groups in total. The van der Waals surface area contributed by atoms with Gasteiger partial charge in [-0.3, -0.25) is 0 Å². The zero-order valence-electron chi connectivity index (χ0n) is 18.6. The van der Waals surface area contributed by atoms with E-state index in [2.05, 4.69) is 31.2 Å². The van der Waals surface area contributed by atoms with E-state index in [1.54, 1.807) is 12.1 Å². The molecule has 4 nitrogen and oxygen atoms in total. The molecule has 162 valence electrons. The van der Waals surface area contributed by atoms with Gasteiger partial charge in [0.05, 0.1) is 0 Å². The molecule has 1 aromatic rings. The molecule has 0 fully saturated rings. The van der Waals surface area contributed by atoms with Gasteiger partial charge in [-0.2, -0.15) is 0 Å². The van der Waals surface area contributed by atoms with Crippen LogP contribution in [0.5, 0.6) is 11.5 Å². The molecule has 1 unspecified atom stereocenters. The Morgan fingerprint density at radius 3 is 2.53 bits per heavy atom. The number of rotatable bonds is 10. The first kappa shape index (κ1) is 23.5. The Morgan fingerprint density at radius 2 is 1.83 bits per heavy atom. The van der Waals surface area contributed by atoms with Gasteiger partial charge in [-0.05, 0) is 90.0 Å². The second-order valence-corrected chi connectivity index (χ2v) is 8.37. The minimum absolute atomic E-state index is 0.253. The van der Waals surface area contributed by atoms with E-state index in [1.807, 2.05) is 32.9 Å². The van der Waals surface area contributed by atoms with E-state index >= 15 is 0 Å². The van der Waals surface area contributed by atoms with Crippen molar-refractivity contribution in [1.82, 2.24) is 0 Å². The summed E-state index contributed by atoms with van der Waals surface area (Å²) in [6, 6.07) is 3.44. The molecule has 2 rings (SSSR count). The Morgan fingerprint density at radius 1 is 1.10 bits per heavy atom. The van der Waals surface area contributed by atoms with Crippen LogP contribution in [0.1, 0.15) is 70.4 Å². The van der Waals surface area contributed by atoms with Gasteiger partial charge in [0, 0.05) is 11.1 Å². The van der Waals surface area contributed by atoms with Crippen molar-refractivity contribution in [3.63, 3.8) is 0 Å². The first-order valence-corrected chi connectivity index (χ1v) is 10.6. The van der Waals surface area contributed by atoms with Gasteiger partial charge in [-0.15, -0.1) is 0 Å². The third-order valence-electron chi connectivity index (χ3n) is 5.18. The normalized spacial score (nSPS) is 18.2. The van der Waals surface area contributed by atoms with E-state index in [1.165, 1.54) is 5.57 Å². The molecule has 0 saturated carbocycles. The Labute approximate surface area is 180 Å². The highest BCUT2D eigenvalue weighted by Crippen LogP contribution is 2.38. The van der Waals surface area contributed by atoms with Gasteiger partial charge < -0.3 is 14.9 Å². The monoisotopic (exact) mass is 410 g/mol. The quantitative estimate of drug-likeness (QED) is 0.255. The molecule has 4 heteroatoms. The molecule has 0 aliphatic carbocycles. The summed E-state index contributed by atoms with van der Waals surface area (Å²) in [6.07, 6.45) is 16.9. The van der Waals surface area contributed by atoms with Crippen LogP contribution in [0.15, 0.2) is 53.7 Å². The molecule has 1 heterocycles. The second-order valence-electron chi connectivity index (χ2n) is 8.37. The number of carboxylic acids is 1. The second kappa shape index (κ2) is 10.9. The zero-order valence-corrected chi connectivity index (χ0v) is 18.6. The number of aryl methyl sites for hydroxylation is 1. The predicted octanol–water partition coefficient (Wildman–Crippen LogP) is 6.74. The van der Waals surface area contributed by atoms with Crippen LogP contribution in [-0.2, 0) is 4.79 Å². The average molecular weight is 411 g/mol. The van der Waals surface area contributed by atoms with Gasteiger partial charge in [0.2, 0.25) is 0 Å². The molecule has 0 spiro atoms. The molecule has 1 aliphatic heterocycles. The highest BCUT2D eigenvalue weighted by molar-refractivity contribution is 5.86. The standard InChI is InChI=1S/C26H34O4/c1-19(2)11-10-13-21(25(28)29)12-8-6-5-7-9-15-26(4)16-14-22-18-23(27)17-20(3)24(22)30-26/h5,7,11-12,14,16-18,27H,6,8-10,13,15H2,1-4H3,(H,28,29). The van der Waals surface area contributed by atoms with Gasteiger partial charge in [0.15, 0.2) is 0 Å². The lowest BCUT2D eigenvalue weighted by Gasteiger charge is -2.32. The first-order chi connectivity index (χ1) is 14.2. The number of carbonyl (C=O) groups is 1. The zero-order chi connectivity index (χ0) is 22.1. The van der Waals surface area contributed by atoms with E-state index in [9.17, 15) is 15.0 Å². The summed E-state index contributed by atoms with van der Waals surface area (Å²) < 4.78 is 6.23. The van der Waals surface area contributed by atoms with Crippen molar-refractivity contribution in [1.29, 1.82) is 0 Å². The number of phenols is 1. The van der Waals surface area contributed by atoms with Crippen molar-refractivity contribution in [2.75, 3.05) is 0 Å². The average Bonchev–Trinajstić information content (AvgIpc) is 2.66. The van der Waals surface area contributed by atoms with E-state index in [4.69, 9.17) is 4.74 Å². The highest BCUT2D eigenvalue weighted by Gasteiger charge is 2.27. The van der Waals surface area contributed by atoms with Crippen LogP contribution in [0.25, 0.3) is 6.08 Å². The SMILES string of the molecule is CC(C)=CCCC(=CCCC=CCCC1(C)C=Cc2cc(O)cc(C)c2O1)C(=O)O. The Hall–Kier alpha value is -2.75. The Bertz CT molecular complexity index is 869. The molecule has 0 aromatic heterocycles. The van der Waals surface area contributed by atoms with Crippen molar-refractivity contribution in [2.45, 2.75) is 71.8 Å². The number of hydrogen-bond acceptors (Lipinski definition) is 3. The summed E-state index contributed by atoms with van der Waals surface area (Å²) in [7, 11) is 0. The molecule has 0 radical (unpaired) electrons. The van der Waals surface area contributed by atoms with E-state index < -0.39 is 5.97 Å². The highest BCUT2D eigenvalue weighted by atomic mass is 16.5. The molecule has 1 aromatic carbocycles. The molecular weight excluding hydrogens is 376 g/mol. The number of benzene rings is 1. The lowest BCUT2D eigenvalue weighted by molar-refractivity contribution is -0.132. The summed E-state index contributed by atoms with van der Waals surface area (Å²) in [4.78, 5) is 11.3. The van der Waals surface area contributed by atoms with Crippen molar-refractivity contribution in [2.24, 2.45) is 0 Å². The molecule has 1 atom stereocenters. The summed E-state index contributed by atoms with van der Waals surface area (Å²) in [5.74, 6) is 0.267. The topological polar surface area (TPSA) is 66.8 Å². The summed E-state index contributed by atoms with van der Waals surface area (Å²) >= 11 is 0. The van der Waals surface area contributed by atoms with Gasteiger partial charge in [0.25, 0.3) is 0 Å². The van der Waals surface area contributed by atoms with E-state index in [-0.39, 0.29) is 11.4 Å². The van der Waals surface area contributed by atoms with Crippen LogP contribution in [0.2, 0.25) is 0 Å². The smallest absolute Gasteiger partial charge is 0.331 e. The first-order valence-electron chi connectivity index (χ1n) is 10.6. The van der Waals surface area contributed by atoms with Crippen LogP contribution in [0, 0.1) is 6.92 Å². The van der Waals surface area contributed by atoms with Gasteiger partial charge in [0.1, 0.15) is 17.1 Å². The van der Waals surface area contributed by atoms with Gasteiger partial charge in [-0.25, -0.2) is 4.79 Å². The maximum absolute atomic E-state index is 11.3. The minimum Gasteiger partial charge on any atom is -0.508 e. The molecule has 0 amide bonds. The number of hydrogen-bond donors (Lipinski definition) is 2. The minimum atomic E-state index is -0.820. The maximum atomic E-state index is 11.3. The van der Waals surface area contributed by atoms with Crippen LogP contribution < -0.4 is 4.74 Å². The Balaban J connectivity index is 1.80. The molecule has 0 saturated heterocycles. The molecule has 1 aliphatic rings. The van der Waals surface area contributed by atoms with Gasteiger partial charge >= 0.3 is 5.97 Å². The number of fused-ring (bicyclic) bond motifs is 1. The fraction of sp³-hybridized carbons (Fsp3) is 0.423. The van der Waals surface area contributed by atoms with E-state index in [0.29, 0.717) is 12.0 Å². The molecule has 30 heavy (non-hydrogen) atoms. The number of carboxylic acid groups (broad SMARTS) is 1. The van der Waals surface area contributed by atoms with Crippen LogP contribution in [0.3, 0.4) is 0 Å². The fourth-order valence-electron chi connectivity index (χ4n) is 3.48. The Kier molecular flexibility index (Phi) is 8.52. The van der Waals surface area contributed by atoms with E-state index in [0.717, 1.165) is 49.0 Å². The summed E-state index contributed by atoms with van der Waals surface area (Å²) in [5.41, 5.74) is 3.17.